The summed E-state index contributed by atoms with van der Waals surface area (Å²) >= 11 is 0. The van der Waals surface area contributed by atoms with E-state index >= 15 is 0 Å². The molecule has 2 aromatic carbocycles. The second kappa shape index (κ2) is 6.60. The molecule has 5 nitrogen and oxygen atoms in total. The van der Waals surface area contributed by atoms with Crippen LogP contribution in [0.4, 0.5) is 4.39 Å². The molecule has 0 unspecified atom stereocenters. The van der Waals surface area contributed by atoms with Crippen LogP contribution in [0.15, 0.2) is 47.6 Å². The highest BCUT2D eigenvalue weighted by atomic mass is 19.1. The van der Waals surface area contributed by atoms with Gasteiger partial charge in [0.25, 0.3) is 0 Å². The zero-order valence-corrected chi connectivity index (χ0v) is 11.4. The second-order valence-electron chi connectivity index (χ2n) is 4.11. The quantitative estimate of drug-likeness (QED) is 0.384. The fraction of sp³-hybridized carbons (Fsp3) is 0.133. The van der Waals surface area contributed by atoms with Gasteiger partial charge in [0.05, 0.1) is 12.2 Å². The summed E-state index contributed by atoms with van der Waals surface area (Å²) < 4.78 is 24.8. The lowest BCUT2D eigenvalue weighted by Gasteiger charge is -2.12. The molecule has 0 heterocycles. The first-order valence-electron chi connectivity index (χ1n) is 6.32. The fourth-order valence-corrected chi connectivity index (χ4v) is 1.81. The number of amidine groups is 1. The Bertz CT molecular complexity index is 659. The van der Waals surface area contributed by atoms with Gasteiger partial charge in [0.1, 0.15) is 23.1 Å². The number of ether oxygens (including phenoxy) is 2. The molecule has 0 spiro atoms. The lowest BCUT2D eigenvalue weighted by atomic mass is 10.1. The molecule has 0 fully saturated rings. The van der Waals surface area contributed by atoms with E-state index in [2.05, 4.69) is 5.16 Å². The Labute approximate surface area is 121 Å². The molecular formula is C15H15FN2O3. The van der Waals surface area contributed by atoms with Crippen LogP contribution >= 0.6 is 0 Å². The summed E-state index contributed by atoms with van der Waals surface area (Å²) in [5, 5.41) is 11.6. The van der Waals surface area contributed by atoms with E-state index in [1.54, 1.807) is 24.3 Å². The number of nitrogens with zero attached hydrogens (tertiary/aromatic N) is 1. The summed E-state index contributed by atoms with van der Waals surface area (Å²) in [5.41, 5.74) is 5.39. The van der Waals surface area contributed by atoms with Crippen molar-refractivity contribution in [2.24, 2.45) is 10.9 Å². The molecule has 0 saturated carbocycles. The second-order valence-corrected chi connectivity index (χ2v) is 4.11. The SMILES string of the molecule is CCOc1cccc(Oc2cccc(F)c2C(N)=NO)c1. The maximum atomic E-state index is 13.8. The molecule has 0 bridgehead atoms. The van der Waals surface area contributed by atoms with Gasteiger partial charge in [-0.3, -0.25) is 0 Å². The molecule has 0 aliphatic heterocycles. The van der Waals surface area contributed by atoms with Crippen LogP contribution in [0.1, 0.15) is 12.5 Å². The van der Waals surface area contributed by atoms with Crippen LogP contribution in [0.3, 0.4) is 0 Å². The highest BCUT2D eigenvalue weighted by Gasteiger charge is 2.15. The van der Waals surface area contributed by atoms with Crippen LogP contribution in [0.5, 0.6) is 17.2 Å². The summed E-state index contributed by atoms with van der Waals surface area (Å²) in [6, 6.07) is 11.1. The first-order valence-corrected chi connectivity index (χ1v) is 6.32. The molecule has 0 aliphatic rings. The summed E-state index contributed by atoms with van der Waals surface area (Å²) in [7, 11) is 0. The van der Waals surface area contributed by atoms with Gasteiger partial charge in [-0.25, -0.2) is 4.39 Å². The fourth-order valence-electron chi connectivity index (χ4n) is 1.81. The van der Waals surface area contributed by atoms with E-state index in [0.29, 0.717) is 18.1 Å². The van der Waals surface area contributed by atoms with Crippen molar-refractivity contribution in [2.45, 2.75) is 6.92 Å². The van der Waals surface area contributed by atoms with Gasteiger partial charge in [-0.1, -0.05) is 17.3 Å². The van der Waals surface area contributed by atoms with Crippen molar-refractivity contribution in [1.29, 1.82) is 0 Å². The Morgan fingerprint density at radius 1 is 1.24 bits per heavy atom. The third kappa shape index (κ3) is 3.42. The Hall–Kier alpha value is -2.76. The van der Waals surface area contributed by atoms with Gasteiger partial charge in [0, 0.05) is 6.07 Å². The van der Waals surface area contributed by atoms with Gasteiger partial charge in [0.2, 0.25) is 0 Å². The predicted octanol–water partition coefficient (Wildman–Crippen LogP) is 3.11. The van der Waals surface area contributed by atoms with E-state index in [0.717, 1.165) is 0 Å². The molecule has 3 N–H and O–H groups in total. The lowest BCUT2D eigenvalue weighted by molar-refractivity contribution is 0.318. The third-order valence-corrected chi connectivity index (χ3v) is 2.68. The van der Waals surface area contributed by atoms with Crippen molar-refractivity contribution in [3.63, 3.8) is 0 Å². The summed E-state index contributed by atoms with van der Waals surface area (Å²) in [5.74, 6) is 0.252. The highest BCUT2D eigenvalue weighted by molar-refractivity contribution is 5.99. The maximum Gasteiger partial charge on any atom is 0.176 e. The van der Waals surface area contributed by atoms with Gasteiger partial charge in [-0.2, -0.15) is 0 Å². The first-order chi connectivity index (χ1) is 10.2. The normalized spacial score (nSPS) is 11.2. The number of nitrogens with two attached hydrogens (primary N) is 1. The molecule has 2 rings (SSSR count). The summed E-state index contributed by atoms with van der Waals surface area (Å²) in [4.78, 5) is 0. The lowest BCUT2D eigenvalue weighted by Crippen LogP contribution is -2.16. The Balaban J connectivity index is 2.36. The Morgan fingerprint density at radius 3 is 2.67 bits per heavy atom. The van der Waals surface area contributed by atoms with Crippen molar-refractivity contribution in [1.82, 2.24) is 0 Å². The Kier molecular flexibility index (Phi) is 4.61. The van der Waals surface area contributed by atoms with Crippen molar-refractivity contribution in [3.8, 4) is 17.2 Å². The van der Waals surface area contributed by atoms with Crippen molar-refractivity contribution in [2.75, 3.05) is 6.61 Å². The molecule has 0 aromatic heterocycles. The standard InChI is InChI=1S/C15H15FN2O3/c1-2-20-10-5-3-6-11(9-10)21-13-8-4-7-12(16)14(13)15(17)18-19/h3-9,19H,2H2,1H3,(H2,17,18). The molecule has 110 valence electrons. The first kappa shape index (κ1) is 14.6. The van der Waals surface area contributed by atoms with Gasteiger partial charge < -0.3 is 20.4 Å². The topological polar surface area (TPSA) is 77.1 Å². The molecule has 6 heteroatoms. The molecule has 0 radical (unpaired) electrons. The maximum absolute atomic E-state index is 13.8. The van der Waals surface area contributed by atoms with E-state index in [-0.39, 0.29) is 17.1 Å². The van der Waals surface area contributed by atoms with E-state index in [9.17, 15) is 4.39 Å². The predicted molar refractivity (Wildman–Crippen MR) is 76.6 cm³/mol. The average molecular weight is 290 g/mol. The minimum Gasteiger partial charge on any atom is -0.494 e. The summed E-state index contributed by atoms with van der Waals surface area (Å²) in [6.45, 7) is 2.40. The summed E-state index contributed by atoms with van der Waals surface area (Å²) in [6.07, 6.45) is 0. The van der Waals surface area contributed by atoms with Crippen molar-refractivity contribution < 1.29 is 19.1 Å². The van der Waals surface area contributed by atoms with Crippen LogP contribution < -0.4 is 15.2 Å². The van der Waals surface area contributed by atoms with E-state index in [1.807, 2.05) is 6.92 Å². The number of hydrogen-bond acceptors (Lipinski definition) is 4. The van der Waals surface area contributed by atoms with Gasteiger partial charge >= 0.3 is 0 Å². The minimum absolute atomic E-state index is 0.0955. The molecule has 0 amide bonds. The zero-order chi connectivity index (χ0) is 15.2. The molecule has 21 heavy (non-hydrogen) atoms. The van der Waals surface area contributed by atoms with Gasteiger partial charge in [-0.15, -0.1) is 0 Å². The van der Waals surface area contributed by atoms with E-state index in [4.69, 9.17) is 20.4 Å². The Morgan fingerprint density at radius 2 is 1.95 bits per heavy atom. The smallest absolute Gasteiger partial charge is 0.176 e. The molecule has 0 aliphatic carbocycles. The number of oxime groups is 1. The van der Waals surface area contributed by atoms with Crippen LogP contribution in [0.2, 0.25) is 0 Å². The number of hydrogen-bond donors (Lipinski definition) is 2. The number of rotatable bonds is 5. The highest BCUT2D eigenvalue weighted by Crippen LogP contribution is 2.29. The van der Waals surface area contributed by atoms with Crippen LogP contribution in [0, 0.1) is 5.82 Å². The largest absolute Gasteiger partial charge is 0.494 e. The van der Waals surface area contributed by atoms with Crippen LogP contribution in [0.25, 0.3) is 0 Å². The number of halogens is 1. The third-order valence-electron chi connectivity index (χ3n) is 2.68. The molecular weight excluding hydrogens is 275 g/mol. The van der Waals surface area contributed by atoms with Crippen LogP contribution in [-0.2, 0) is 0 Å². The van der Waals surface area contributed by atoms with Crippen LogP contribution in [-0.4, -0.2) is 17.6 Å². The minimum atomic E-state index is -0.635. The van der Waals surface area contributed by atoms with Crippen molar-refractivity contribution >= 4 is 5.84 Å². The molecule has 0 atom stereocenters. The number of benzene rings is 2. The van der Waals surface area contributed by atoms with Crippen molar-refractivity contribution in [3.05, 3.63) is 53.8 Å². The zero-order valence-electron chi connectivity index (χ0n) is 11.4. The average Bonchev–Trinajstić information content (AvgIpc) is 2.47. The van der Waals surface area contributed by atoms with Gasteiger partial charge in [-0.05, 0) is 31.2 Å². The molecule has 0 saturated heterocycles. The van der Waals surface area contributed by atoms with E-state index < -0.39 is 5.82 Å². The van der Waals surface area contributed by atoms with Gasteiger partial charge in [0.15, 0.2) is 5.84 Å². The molecule has 2 aromatic rings. The monoisotopic (exact) mass is 290 g/mol. The van der Waals surface area contributed by atoms with E-state index in [1.165, 1.54) is 18.2 Å².